The molecular formula is C18H29NO. The zero-order valence-electron chi connectivity index (χ0n) is 13.2. The molecule has 1 N–H and O–H groups in total. The molecule has 0 aromatic heterocycles. The lowest BCUT2D eigenvalue weighted by Gasteiger charge is -2.26. The maximum atomic E-state index is 5.24. The van der Waals surface area contributed by atoms with Crippen LogP contribution in [0.5, 0.6) is 5.75 Å². The van der Waals surface area contributed by atoms with E-state index >= 15 is 0 Å². The summed E-state index contributed by atoms with van der Waals surface area (Å²) in [6.45, 7) is 5.82. The fourth-order valence-electron chi connectivity index (χ4n) is 3.03. The number of nitrogens with one attached hydrogen (secondary N) is 1. The van der Waals surface area contributed by atoms with Crippen LogP contribution in [0.1, 0.15) is 45.1 Å². The van der Waals surface area contributed by atoms with Gasteiger partial charge in [0.2, 0.25) is 0 Å². The van der Waals surface area contributed by atoms with Crippen molar-refractivity contribution in [3.8, 4) is 5.75 Å². The highest BCUT2D eigenvalue weighted by Crippen LogP contribution is 2.26. The first-order valence-corrected chi connectivity index (χ1v) is 8.13. The average Bonchev–Trinajstić information content (AvgIpc) is 3.30. The van der Waals surface area contributed by atoms with Gasteiger partial charge in [-0.25, -0.2) is 0 Å². The van der Waals surface area contributed by atoms with Gasteiger partial charge in [-0.15, -0.1) is 0 Å². The molecule has 2 heteroatoms. The summed E-state index contributed by atoms with van der Waals surface area (Å²) in [5.41, 5.74) is 1.43. The van der Waals surface area contributed by atoms with Gasteiger partial charge in [0, 0.05) is 6.04 Å². The molecule has 0 amide bonds. The van der Waals surface area contributed by atoms with E-state index in [9.17, 15) is 0 Å². The second-order valence-electron chi connectivity index (χ2n) is 6.07. The Hall–Kier alpha value is -1.02. The van der Waals surface area contributed by atoms with Crippen molar-refractivity contribution in [1.29, 1.82) is 0 Å². The Balaban J connectivity index is 1.96. The third-order valence-corrected chi connectivity index (χ3v) is 4.62. The zero-order valence-corrected chi connectivity index (χ0v) is 13.2. The van der Waals surface area contributed by atoms with Crippen molar-refractivity contribution in [2.75, 3.05) is 13.7 Å². The molecule has 1 aliphatic rings. The number of methoxy groups -OCH3 is 1. The van der Waals surface area contributed by atoms with Gasteiger partial charge in [0.25, 0.3) is 0 Å². The molecule has 0 radical (unpaired) electrons. The predicted octanol–water partition coefficient (Wildman–Crippen LogP) is 4.04. The molecule has 0 saturated heterocycles. The predicted molar refractivity (Wildman–Crippen MR) is 85.3 cm³/mol. The van der Waals surface area contributed by atoms with Crippen LogP contribution in [0, 0.1) is 11.8 Å². The van der Waals surface area contributed by atoms with Crippen molar-refractivity contribution in [3.63, 3.8) is 0 Å². The van der Waals surface area contributed by atoms with Crippen molar-refractivity contribution >= 4 is 0 Å². The average molecular weight is 275 g/mol. The lowest BCUT2D eigenvalue weighted by Crippen LogP contribution is -2.30. The summed E-state index contributed by atoms with van der Waals surface area (Å²) >= 11 is 0. The Morgan fingerprint density at radius 1 is 1.10 bits per heavy atom. The first kappa shape index (κ1) is 15.4. The fourth-order valence-corrected chi connectivity index (χ4v) is 3.03. The van der Waals surface area contributed by atoms with Crippen LogP contribution in [-0.4, -0.2) is 19.7 Å². The topological polar surface area (TPSA) is 21.3 Å². The van der Waals surface area contributed by atoms with Gasteiger partial charge >= 0.3 is 0 Å². The molecule has 1 atom stereocenters. The van der Waals surface area contributed by atoms with E-state index in [1.54, 1.807) is 7.11 Å². The number of rotatable bonds is 9. The lowest BCUT2D eigenvalue weighted by atomic mass is 9.83. The van der Waals surface area contributed by atoms with E-state index in [0.29, 0.717) is 0 Å². The van der Waals surface area contributed by atoms with Gasteiger partial charge in [0.15, 0.2) is 0 Å². The Morgan fingerprint density at radius 3 is 2.25 bits per heavy atom. The second-order valence-corrected chi connectivity index (χ2v) is 6.07. The summed E-state index contributed by atoms with van der Waals surface area (Å²) in [5.74, 6) is 2.52. The molecule has 20 heavy (non-hydrogen) atoms. The first-order valence-electron chi connectivity index (χ1n) is 8.13. The van der Waals surface area contributed by atoms with Crippen LogP contribution in [-0.2, 0) is 6.42 Å². The fraction of sp³-hybridized carbons (Fsp3) is 0.667. The van der Waals surface area contributed by atoms with Crippen molar-refractivity contribution in [2.24, 2.45) is 11.8 Å². The minimum absolute atomic E-state index is 0.749. The molecule has 1 aromatic rings. The molecule has 0 aliphatic heterocycles. The molecule has 1 saturated carbocycles. The molecule has 0 bridgehead atoms. The number of hydrogen-bond donors (Lipinski definition) is 1. The highest BCUT2D eigenvalue weighted by Gasteiger charge is 2.24. The van der Waals surface area contributed by atoms with Crippen LogP contribution in [0.2, 0.25) is 0 Å². The molecule has 1 aliphatic carbocycles. The monoisotopic (exact) mass is 275 g/mol. The van der Waals surface area contributed by atoms with Crippen LogP contribution >= 0.6 is 0 Å². The molecule has 1 aromatic carbocycles. The van der Waals surface area contributed by atoms with Crippen molar-refractivity contribution in [1.82, 2.24) is 5.32 Å². The van der Waals surface area contributed by atoms with E-state index in [1.165, 1.54) is 44.2 Å². The SMILES string of the molecule is CCC(CC)C(CNC1CC1)Cc1ccc(OC)cc1. The summed E-state index contributed by atoms with van der Waals surface area (Å²) in [7, 11) is 1.72. The zero-order chi connectivity index (χ0) is 14.4. The number of benzene rings is 1. The van der Waals surface area contributed by atoms with Gasteiger partial charge in [-0.05, 0) is 55.3 Å². The van der Waals surface area contributed by atoms with Gasteiger partial charge in [0.1, 0.15) is 5.75 Å². The number of ether oxygens (including phenoxy) is 1. The molecule has 112 valence electrons. The van der Waals surface area contributed by atoms with Gasteiger partial charge < -0.3 is 10.1 Å². The first-order chi connectivity index (χ1) is 9.76. The Labute approximate surface area is 123 Å². The summed E-state index contributed by atoms with van der Waals surface area (Å²) < 4.78 is 5.24. The quantitative estimate of drug-likeness (QED) is 0.734. The summed E-state index contributed by atoms with van der Waals surface area (Å²) in [4.78, 5) is 0. The summed E-state index contributed by atoms with van der Waals surface area (Å²) in [6.07, 6.45) is 6.49. The molecule has 1 fully saturated rings. The highest BCUT2D eigenvalue weighted by molar-refractivity contribution is 5.27. The Bertz CT molecular complexity index is 379. The largest absolute Gasteiger partial charge is 0.497 e. The maximum absolute atomic E-state index is 5.24. The third-order valence-electron chi connectivity index (χ3n) is 4.62. The maximum Gasteiger partial charge on any atom is 0.118 e. The summed E-state index contributed by atoms with van der Waals surface area (Å²) in [5, 5.41) is 3.72. The van der Waals surface area contributed by atoms with Crippen molar-refractivity contribution in [2.45, 2.75) is 52.0 Å². The smallest absolute Gasteiger partial charge is 0.118 e. The Morgan fingerprint density at radius 2 is 1.75 bits per heavy atom. The normalized spacial score (nSPS) is 16.4. The second kappa shape index (κ2) is 7.68. The van der Waals surface area contributed by atoms with E-state index in [1.807, 2.05) is 0 Å². The van der Waals surface area contributed by atoms with Gasteiger partial charge in [-0.1, -0.05) is 38.8 Å². The van der Waals surface area contributed by atoms with Gasteiger partial charge in [-0.2, -0.15) is 0 Å². The summed E-state index contributed by atoms with van der Waals surface area (Å²) in [6, 6.07) is 9.39. The van der Waals surface area contributed by atoms with E-state index < -0.39 is 0 Å². The molecule has 1 unspecified atom stereocenters. The van der Waals surface area contributed by atoms with Crippen LogP contribution in [0.3, 0.4) is 0 Å². The van der Waals surface area contributed by atoms with E-state index in [-0.39, 0.29) is 0 Å². The minimum Gasteiger partial charge on any atom is -0.497 e. The van der Waals surface area contributed by atoms with Crippen LogP contribution in [0.4, 0.5) is 0 Å². The van der Waals surface area contributed by atoms with E-state index in [4.69, 9.17) is 4.74 Å². The van der Waals surface area contributed by atoms with Crippen molar-refractivity contribution in [3.05, 3.63) is 29.8 Å². The standard InChI is InChI=1S/C18H29NO/c1-4-15(5-2)16(13-19-17-8-9-17)12-14-6-10-18(20-3)11-7-14/h6-7,10-11,15-17,19H,4-5,8-9,12-13H2,1-3H3. The molecule has 0 heterocycles. The Kier molecular flexibility index (Phi) is 5.90. The van der Waals surface area contributed by atoms with E-state index in [0.717, 1.165) is 23.6 Å². The molecular weight excluding hydrogens is 246 g/mol. The van der Waals surface area contributed by atoms with Crippen LogP contribution < -0.4 is 10.1 Å². The van der Waals surface area contributed by atoms with Gasteiger partial charge in [-0.3, -0.25) is 0 Å². The number of hydrogen-bond acceptors (Lipinski definition) is 2. The van der Waals surface area contributed by atoms with Crippen molar-refractivity contribution < 1.29 is 4.74 Å². The third kappa shape index (κ3) is 4.52. The molecule has 2 rings (SSSR count). The molecule has 2 nitrogen and oxygen atoms in total. The lowest BCUT2D eigenvalue weighted by molar-refractivity contribution is 0.297. The van der Waals surface area contributed by atoms with Crippen LogP contribution in [0.25, 0.3) is 0 Å². The molecule has 0 spiro atoms. The minimum atomic E-state index is 0.749. The highest BCUT2D eigenvalue weighted by atomic mass is 16.5. The van der Waals surface area contributed by atoms with Gasteiger partial charge in [0.05, 0.1) is 7.11 Å². The van der Waals surface area contributed by atoms with Crippen LogP contribution in [0.15, 0.2) is 24.3 Å². The van der Waals surface area contributed by atoms with E-state index in [2.05, 4.69) is 43.4 Å².